The smallest absolute Gasteiger partial charge is 0.252 e. The highest BCUT2D eigenvalue weighted by atomic mass is 15.2. The van der Waals surface area contributed by atoms with Crippen LogP contribution in [0.4, 0.5) is 51.2 Å². The molecule has 0 N–H and O–H groups in total. The van der Waals surface area contributed by atoms with E-state index in [0.717, 1.165) is 123 Å². The first-order valence-corrected chi connectivity index (χ1v) is 41.2. The van der Waals surface area contributed by atoms with Crippen molar-refractivity contribution in [2.24, 2.45) is 0 Å². The zero-order valence-corrected chi connectivity index (χ0v) is 68.9. The third-order valence-electron chi connectivity index (χ3n) is 24.5. The summed E-state index contributed by atoms with van der Waals surface area (Å²) in [6.45, 7) is 26.7. The van der Waals surface area contributed by atoms with Gasteiger partial charge < -0.3 is 28.4 Å². The number of nitrogens with zero attached hydrogens (tertiary/aromatic N) is 6. The number of anilines is 9. The van der Waals surface area contributed by atoms with E-state index in [2.05, 4.69) is 298 Å². The maximum absolute atomic E-state index is 10.8. The van der Waals surface area contributed by atoms with Gasteiger partial charge in [-0.05, 0) is 252 Å². The number of benzene rings is 16. The monoisotopic (exact) mass is 1550 g/mol. The highest BCUT2D eigenvalue weighted by Gasteiger charge is 2.46. The molecule has 3 aromatic heterocycles. The molecular formula is C112H95BN6. The summed E-state index contributed by atoms with van der Waals surface area (Å²) in [6.07, 6.45) is 0. The molecule has 16 aromatic carbocycles. The summed E-state index contributed by atoms with van der Waals surface area (Å²) in [6, 6.07) is 95.0. The van der Waals surface area contributed by atoms with Gasteiger partial charge in [0.1, 0.15) is 0 Å². The predicted molar refractivity (Wildman–Crippen MR) is 509 cm³/mol. The van der Waals surface area contributed by atoms with Crippen molar-refractivity contribution in [2.45, 2.75) is 105 Å². The van der Waals surface area contributed by atoms with E-state index < -0.39 is 60.5 Å². The lowest BCUT2D eigenvalue weighted by Crippen LogP contribution is -2.61. The van der Waals surface area contributed by atoms with Crippen LogP contribution in [0.1, 0.15) is 122 Å². The van der Waals surface area contributed by atoms with E-state index in [-0.39, 0.29) is 79.3 Å². The highest BCUT2D eigenvalue weighted by Crippen LogP contribution is 2.53. The molecule has 576 valence electrons. The predicted octanol–water partition coefficient (Wildman–Crippen LogP) is 28.7. The van der Waals surface area contributed by atoms with Gasteiger partial charge in [0.15, 0.2) is 0 Å². The SMILES string of the molecule is [2H]c1c([2H])c(-n2c3ccccc3c3ccccc32)c([2H])c([2H])c1N(c1ccc(-n2c3c([2H])c([2H])c([2H])c([2H])c3c3c([2H])c([2H])c([2H])c([2H])c32)cc1)c1ccc2c(c1)N(c1ccc(C(C)(C)C)cc1-c1ccccc1)c1cc(C(C)(C)C)cc3c1B2c1ccc(-n2c4ccc(C(C)(C)C)cc4c4cc(C(C)(C)C)ccc42)cc1N3c1cc(-c2ccccc2)cc(-c2ccccc2)c1. The number of rotatable bonds is 11. The number of fused-ring (bicyclic) bond motifs is 13. The number of hydrogen-bond donors (Lipinski definition) is 0. The molecule has 0 aliphatic carbocycles. The molecular weight excluding hydrogens is 1440 g/mol. The standard InChI is InChI=1S/C112H95BN6/c1-109(2,3)77-44-59-101(92(65-77)74-34-20-15-21-35-74)119-105-70-85(114(81-47-51-83(52-48-81)115-97-40-26-22-36-88(97)89-37-23-27-41-98(89)115)82-49-53-84(54-50-82)116-99-42-28-24-38-90(99)91-39-25-29-43-100(91)116)55-57-96(105)113-95-58-56-86(117-102-60-45-78(110(4,5)6)66-93(102)94-67-79(111(7,8)9)46-61-103(94)117)71-104(95)118(106-68-80(112(10,11)12)69-107(119)108(106)113)87-63-75(72-30-16-13-17-31-72)62-76(64-87)73-32-18-14-19-33-73/h13-71H,1-12H3/i22D,23D,26D,27D,36D,37D,40D,41D,49D,50D,53D,54D. The molecule has 19 aromatic rings. The Morgan fingerprint density at radius 3 is 1.24 bits per heavy atom. The topological polar surface area (TPSA) is 24.5 Å². The molecule has 0 bridgehead atoms. The molecule has 0 fully saturated rings. The first kappa shape index (κ1) is 60.8. The van der Waals surface area contributed by atoms with Crippen molar-refractivity contribution in [1.82, 2.24) is 13.7 Å². The van der Waals surface area contributed by atoms with Crippen LogP contribution in [-0.4, -0.2) is 20.4 Å². The molecule has 119 heavy (non-hydrogen) atoms. The second-order valence-corrected chi connectivity index (χ2v) is 36.1. The Bertz CT molecular complexity index is 7760. The molecule has 0 spiro atoms. The van der Waals surface area contributed by atoms with Crippen LogP contribution in [-0.2, 0) is 21.7 Å². The fourth-order valence-corrected chi connectivity index (χ4v) is 18.4. The molecule has 5 heterocycles. The van der Waals surface area contributed by atoms with Crippen LogP contribution in [0, 0.1) is 0 Å². The molecule has 6 nitrogen and oxygen atoms in total. The number of para-hydroxylation sites is 4. The quantitative estimate of drug-likeness (QED) is 0.121. The van der Waals surface area contributed by atoms with Crippen LogP contribution in [0.15, 0.2) is 358 Å². The van der Waals surface area contributed by atoms with Crippen LogP contribution in [0.3, 0.4) is 0 Å². The van der Waals surface area contributed by atoms with Gasteiger partial charge in [-0.25, -0.2) is 0 Å². The molecule has 0 unspecified atom stereocenters. The summed E-state index contributed by atoms with van der Waals surface area (Å²) in [5.74, 6) is 0. The van der Waals surface area contributed by atoms with Crippen molar-refractivity contribution < 1.29 is 16.4 Å². The first-order chi connectivity index (χ1) is 62.5. The van der Waals surface area contributed by atoms with E-state index in [1.165, 1.54) is 26.5 Å². The van der Waals surface area contributed by atoms with E-state index in [1.807, 2.05) is 65.2 Å². The zero-order chi connectivity index (χ0) is 91.6. The van der Waals surface area contributed by atoms with Crippen molar-refractivity contribution in [3.8, 4) is 50.4 Å². The van der Waals surface area contributed by atoms with Crippen molar-refractivity contribution in [3.05, 3.63) is 380 Å². The van der Waals surface area contributed by atoms with Gasteiger partial charge in [0.25, 0.3) is 6.71 Å². The molecule has 0 atom stereocenters. The van der Waals surface area contributed by atoms with Crippen molar-refractivity contribution in [3.63, 3.8) is 0 Å². The van der Waals surface area contributed by atoms with Crippen LogP contribution in [0.2, 0.25) is 0 Å². The van der Waals surface area contributed by atoms with Crippen molar-refractivity contribution >= 4 is 140 Å². The first-order valence-electron chi connectivity index (χ1n) is 47.2. The van der Waals surface area contributed by atoms with E-state index >= 15 is 0 Å². The summed E-state index contributed by atoms with van der Waals surface area (Å²) in [4.78, 5) is 6.74. The molecule has 21 rings (SSSR count). The summed E-state index contributed by atoms with van der Waals surface area (Å²) in [5.41, 5.74) is 23.7. The molecule has 0 amide bonds. The van der Waals surface area contributed by atoms with Gasteiger partial charge in [-0.1, -0.05) is 277 Å². The van der Waals surface area contributed by atoms with Crippen LogP contribution < -0.4 is 31.1 Å². The second-order valence-electron chi connectivity index (χ2n) is 36.1. The van der Waals surface area contributed by atoms with Crippen molar-refractivity contribution in [1.29, 1.82) is 0 Å². The Morgan fingerprint density at radius 1 is 0.252 bits per heavy atom. The third-order valence-corrected chi connectivity index (χ3v) is 24.5. The maximum Gasteiger partial charge on any atom is 0.252 e. The van der Waals surface area contributed by atoms with Gasteiger partial charge in [0.2, 0.25) is 0 Å². The van der Waals surface area contributed by atoms with Crippen molar-refractivity contribution in [2.75, 3.05) is 14.7 Å². The van der Waals surface area contributed by atoms with E-state index in [4.69, 9.17) is 5.48 Å². The fourth-order valence-electron chi connectivity index (χ4n) is 18.4. The summed E-state index contributed by atoms with van der Waals surface area (Å²) < 4.78 is 122. The summed E-state index contributed by atoms with van der Waals surface area (Å²) in [5, 5.41) is 3.94. The fraction of sp³-hybridized carbons (Fsp3) is 0.143. The van der Waals surface area contributed by atoms with E-state index in [1.54, 1.807) is 29.2 Å². The van der Waals surface area contributed by atoms with Crippen LogP contribution in [0.25, 0.3) is 116 Å². The Hall–Kier alpha value is -13.6. The molecule has 0 saturated heterocycles. The Kier molecular flexibility index (Phi) is 14.1. The lowest BCUT2D eigenvalue weighted by molar-refractivity contribution is 0.590. The normalized spacial score (nSPS) is 14.4. The Balaban J connectivity index is 0.881. The number of aromatic nitrogens is 3. The maximum atomic E-state index is 10.8. The summed E-state index contributed by atoms with van der Waals surface area (Å²) >= 11 is 0. The minimum Gasteiger partial charge on any atom is -0.311 e. The largest absolute Gasteiger partial charge is 0.311 e. The molecule has 7 heteroatoms. The van der Waals surface area contributed by atoms with Gasteiger partial charge >= 0.3 is 0 Å². The van der Waals surface area contributed by atoms with E-state index in [0.29, 0.717) is 22.4 Å². The van der Waals surface area contributed by atoms with Gasteiger partial charge in [-0.15, -0.1) is 0 Å². The van der Waals surface area contributed by atoms with E-state index in [9.17, 15) is 11.0 Å². The lowest BCUT2D eigenvalue weighted by atomic mass is 9.33. The van der Waals surface area contributed by atoms with Gasteiger partial charge in [0, 0.05) is 100 Å². The van der Waals surface area contributed by atoms with Crippen LogP contribution in [0.5, 0.6) is 0 Å². The zero-order valence-electron chi connectivity index (χ0n) is 80.9. The average Bonchev–Trinajstić information content (AvgIpc) is 0.894. The number of hydrogen-bond acceptors (Lipinski definition) is 3. The minimum atomic E-state index is -0.560. The molecule has 2 aliphatic rings. The molecule has 0 radical (unpaired) electrons. The Morgan fingerprint density at radius 2 is 0.689 bits per heavy atom. The lowest BCUT2D eigenvalue weighted by Gasteiger charge is -2.46. The van der Waals surface area contributed by atoms with Gasteiger partial charge in [0.05, 0.1) is 55.2 Å². The highest BCUT2D eigenvalue weighted by molar-refractivity contribution is 7.00. The molecule has 0 saturated carbocycles. The third kappa shape index (κ3) is 12.2. The Labute approximate surface area is 715 Å². The summed E-state index contributed by atoms with van der Waals surface area (Å²) in [7, 11) is 0. The molecule has 2 aliphatic heterocycles. The second kappa shape index (κ2) is 27.5. The average molecular weight is 1550 g/mol. The minimum absolute atomic E-state index is 0.0569. The van der Waals surface area contributed by atoms with Gasteiger partial charge in [-0.3, -0.25) is 0 Å². The van der Waals surface area contributed by atoms with Gasteiger partial charge in [-0.2, -0.15) is 0 Å². The van der Waals surface area contributed by atoms with Crippen LogP contribution >= 0.6 is 0 Å².